The largest absolute Gasteiger partial charge is 0.330 e. The Bertz CT molecular complexity index is 1370. The zero-order chi connectivity index (χ0) is 26.7. The van der Waals surface area contributed by atoms with Crippen molar-refractivity contribution in [2.45, 2.75) is 38.1 Å². The number of sulfonamides is 1. The van der Waals surface area contributed by atoms with Crippen molar-refractivity contribution in [1.29, 1.82) is 0 Å². The molecule has 1 atom stereocenters. The van der Waals surface area contributed by atoms with Crippen LogP contribution < -0.4 is 5.32 Å². The zero-order valence-corrected chi connectivity index (χ0v) is 23.4. The van der Waals surface area contributed by atoms with Gasteiger partial charge in [-0.05, 0) is 71.3 Å². The Hall–Kier alpha value is -2.72. The third-order valence-corrected chi connectivity index (χ3v) is 9.24. The van der Waals surface area contributed by atoms with Gasteiger partial charge in [-0.25, -0.2) is 8.42 Å². The van der Waals surface area contributed by atoms with Gasteiger partial charge in [-0.2, -0.15) is 4.31 Å². The highest BCUT2D eigenvalue weighted by molar-refractivity contribution is 7.89. The van der Waals surface area contributed by atoms with Crippen LogP contribution in [-0.4, -0.2) is 49.1 Å². The van der Waals surface area contributed by atoms with E-state index in [0.29, 0.717) is 17.3 Å². The molecule has 0 radical (unpaired) electrons. The second-order valence-electron chi connectivity index (χ2n) is 9.49. The monoisotopic (exact) mass is 559 g/mol. The number of nitrogens with one attached hydrogen (secondary N) is 1. The van der Waals surface area contributed by atoms with Crippen molar-refractivity contribution in [2.24, 2.45) is 5.92 Å². The second-order valence-corrected chi connectivity index (χ2v) is 12.9. The van der Waals surface area contributed by atoms with Crippen LogP contribution in [-0.2, 0) is 26.0 Å². The predicted octanol–water partition coefficient (Wildman–Crippen LogP) is 5.18. The van der Waals surface area contributed by atoms with Gasteiger partial charge in [0.2, 0.25) is 21.8 Å². The Morgan fingerprint density at radius 2 is 1.78 bits per heavy atom. The number of hydrogen-bond acceptors (Lipinski definition) is 5. The van der Waals surface area contributed by atoms with Crippen LogP contribution in [0.3, 0.4) is 0 Å². The number of hydrogen-bond donors (Lipinski definition) is 1. The molecular formula is C27H30ClN3O4S2. The van der Waals surface area contributed by atoms with E-state index >= 15 is 0 Å². The van der Waals surface area contributed by atoms with Crippen molar-refractivity contribution in [3.05, 3.63) is 81.0 Å². The molecule has 196 valence electrons. The molecule has 0 bridgehead atoms. The van der Waals surface area contributed by atoms with E-state index in [1.165, 1.54) is 28.2 Å². The Kier molecular flexibility index (Phi) is 8.38. The summed E-state index contributed by atoms with van der Waals surface area (Å²) in [7, 11) is -3.95. The number of fused-ring (bicyclic) bond motifs is 1. The summed E-state index contributed by atoms with van der Waals surface area (Å²) < 4.78 is 28.5. The number of carbonyl (C=O) groups is 2. The van der Waals surface area contributed by atoms with Gasteiger partial charge in [0.25, 0.3) is 0 Å². The number of rotatable bonds is 8. The van der Waals surface area contributed by atoms with Gasteiger partial charge >= 0.3 is 0 Å². The molecule has 0 aliphatic carbocycles. The molecule has 37 heavy (non-hydrogen) atoms. The van der Waals surface area contributed by atoms with Gasteiger partial charge in [0.15, 0.2) is 0 Å². The summed E-state index contributed by atoms with van der Waals surface area (Å²) in [6.45, 7) is 5.66. The number of anilines is 1. The highest BCUT2D eigenvalue weighted by Gasteiger charge is 2.35. The molecule has 7 nitrogen and oxygen atoms in total. The van der Waals surface area contributed by atoms with E-state index in [1.54, 1.807) is 40.5 Å². The molecule has 1 aliphatic heterocycles. The van der Waals surface area contributed by atoms with Crippen molar-refractivity contribution in [1.82, 2.24) is 9.21 Å². The predicted molar refractivity (Wildman–Crippen MR) is 147 cm³/mol. The maximum Gasteiger partial charge on any atom is 0.243 e. The molecule has 1 N–H and O–H groups in total. The highest BCUT2D eigenvalue weighted by Crippen LogP contribution is 2.38. The first-order chi connectivity index (χ1) is 17.6. The van der Waals surface area contributed by atoms with Gasteiger partial charge in [-0.1, -0.05) is 37.6 Å². The molecule has 0 fully saturated rings. The lowest BCUT2D eigenvalue weighted by Crippen LogP contribution is -2.47. The average Bonchev–Trinajstić information content (AvgIpc) is 3.32. The zero-order valence-electron chi connectivity index (χ0n) is 21.0. The lowest BCUT2D eigenvalue weighted by atomic mass is 9.93. The molecule has 2 heterocycles. The van der Waals surface area contributed by atoms with E-state index in [-0.39, 0.29) is 41.8 Å². The number of thiophene rings is 1. The Balaban J connectivity index is 1.63. The Labute approximate surface area is 227 Å². The molecular weight excluding hydrogens is 530 g/mol. The van der Waals surface area contributed by atoms with Crippen LogP contribution in [0.5, 0.6) is 0 Å². The van der Waals surface area contributed by atoms with Gasteiger partial charge < -0.3 is 10.2 Å². The minimum atomic E-state index is -3.95. The van der Waals surface area contributed by atoms with Crippen LogP contribution in [0.15, 0.2) is 64.9 Å². The first kappa shape index (κ1) is 27.3. The van der Waals surface area contributed by atoms with E-state index < -0.39 is 10.0 Å². The molecule has 0 saturated carbocycles. The quantitative estimate of drug-likeness (QED) is 0.412. The van der Waals surface area contributed by atoms with Gasteiger partial charge in [0.05, 0.1) is 17.5 Å². The summed E-state index contributed by atoms with van der Waals surface area (Å²) in [4.78, 5) is 28.2. The Morgan fingerprint density at radius 3 is 2.41 bits per heavy atom. The highest BCUT2D eigenvalue weighted by atomic mass is 35.5. The maximum absolute atomic E-state index is 13.8. The number of carbonyl (C=O) groups excluding carboxylic acids is 2. The van der Waals surface area contributed by atoms with Crippen LogP contribution in [0.25, 0.3) is 0 Å². The maximum atomic E-state index is 13.8. The summed E-state index contributed by atoms with van der Waals surface area (Å²) in [6.07, 6.45) is 0.727. The number of halogens is 1. The first-order valence-corrected chi connectivity index (χ1v) is 14.7. The molecule has 2 aromatic carbocycles. The fourth-order valence-corrected chi connectivity index (χ4v) is 7.13. The third-order valence-electron chi connectivity index (χ3n) is 6.16. The van der Waals surface area contributed by atoms with Crippen LogP contribution in [0.2, 0.25) is 5.02 Å². The summed E-state index contributed by atoms with van der Waals surface area (Å²) in [6, 6.07) is 15.2. The van der Waals surface area contributed by atoms with E-state index in [0.717, 1.165) is 17.5 Å². The molecule has 0 saturated heterocycles. The third kappa shape index (κ3) is 6.23. The van der Waals surface area contributed by atoms with Crippen LogP contribution in [0.4, 0.5) is 5.69 Å². The topological polar surface area (TPSA) is 86.8 Å². The molecule has 3 aromatic rings. The van der Waals surface area contributed by atoms with Crippen molar-refractivity contribution < 1.29 is 18.0 Å². The van der Waals surface area contributed by atoms with Crippen molar-refractivity contribution in [3.8, 4) is 0 Å². The molecule has 2 amide bonds. The number of benzene rings is 2. The SMILES string of the molecule is CC(=O)Nc1ccc(S(=O)(=O)N(CC(=O)N2CCc3sccc3C2c2ccc(Cl)cc2)CC(C)C)cc1. The normalized spacial score (nSPS) is 15.6. The van der Waals surface area contributed by atoms with E-state index in [4.69, 9.17) is 11.6 Å². The smallest absolute Gasteiger partial charge is 0.243 e. The summed E-state index contributed by atoms with van der Waals surface area (Å²) in [5.74, 6) is -0.484. The van der Waals surface area contributed by atoms with E-state index in [2.05, 4.69) is 5.32 Å². The Morgan fingerprint density at radius 1 is 1.11 bits per heavy atom. The molecule has 1 aliphatic rings. The van der Waals surface area contributed by atoms with Gasteiger partial charge in [-0.3, -0.25) is 9.59 Å². The number of amides is 2. The van der Waals surface area contributed by atoms with Gasteiger partial charge in [-0.15, -0.1) is 11.3 Å². The molecule has 10 heteroatoms. The van der Waals surface area contributed by atoms with E-state index in [1.807, 2.05) is 37.4 Å². The van der Waals surface area contributed by atoms with Crippen LogP contribution >= 0.6 is 22.9 Å². The van der Waals surface area contributed by atoms with E-state index in [9.17, 15) is 18.0 Å². The minimum Gasteiger partial charge on any atom is -0.330 e. The molecule has 1 unspecified atom stereocenters. The van der Waals surface area contributed by atoms with Crippen molar-refractivity contribution in [2.75, 3.05) is 25.0 Å². The van der Waals surface area contributed by atoms with Gasteiger partial charge in [0, 0.05) is 35.6 Å². The van der Waals surface area contributed by atoms with Gasteiger partial charge in [0.1, 0.15) is 0 Å². The van der Waals surface area contributed by atoms with Crippen LogP contribution in [0, 0.1) is 5.92 Å². The lowest BCUT2D eigenvalue weighted by molar-refractivity contribution is -0.133. The lowest BCUT2D eigenvalue weighted by Gasteiger charge is -2.37. The minimum absolute atomic E-state index is 0.0122. The summed E-state index contributed by atoms with van der Waals surface area (Å²) >= 11 is 7.79. The fraction of sp³-hybridized carbons (Fsp3) is 0.333. The molecule has 4 rings (SSSR count). The fourth-order valence-electron chi connectivity index (χ4n) is 4.55. The summed E-state index contributed by atoms with van der Waals surface area (Å²) in [5.41, 5.74) is 2.51. The average molecular weight is 560 g/mol. The standard InChI is InChI=1S/C27H30ClN3O4S2/c1-18(2)16-30(37(34,35)23-10-8-22(9-11-23)29-19(3)32)17-26(33)31-14-12-25-24(13-15-36-25)27(31)20-4-6-21(28)7-5-20/h4-11,13,15,18,27H,12,14,16-17H2,1-3H3,(H,29,32). The molecule has 1 aromatic heterocycles. The van der Waals surface area contributed by atoms with Crippen LogP contribution in [0.1, 0.15) is 42.8 Å². The number of nitrogens with zero attached hydrogens (tertiary/aromatic N) is 2. The van der Waals surface area contributed by atoms with Crippen molar-refractivity contribution >= 4 is 50.5 Å². The summed E-state index contributed by atoms with van der Waals surface area (Å²) in [5, 5.41) is 5.28. The first-order valence-electron chi connectivity index (χ1n) is 12.0. The molecule has 0 spiro atoms. The second kappa shape index (κ2) is 11.3. The van der Waals surface area contributed by atoms with Crippen molar-refractivity contribution in [3.63, 3.8) is 0 Å².